The lowest BCUT2D eigenvalue weighted by molar-refractivity contribution is -0.160. The minimum Gasteiger partial charge on any atom is -0.465 e. The van der Waals surface area contributed by atoms with Crippen LogP contribution in [-0.4, -0.2) is 25.2 Å². The van der Waals surface area contributed by atoms with E-state index in [0.717, 1.165) is 0 Å². The Hall–Kier alpha value is -1.06. The molecule has 1 atom stereocenters. The first-order valence-electron chi connectivity index (χ1n) is 7.36. The maximum Gasteiger partial charge on any atom is 0.310 e. The molecule has 0 N–H and O–H groups in total. The predicted octanol–water partition coefficient (Wildman–Crippen LogP) is 3.44. The van der Waals surface area contributed by atoms with Crippen LogP contribution in [-0.2, 0) is 19.1 Å². The summed E-state index contributed by atoms with van der Waals surface area (Å²) in [6.07, 6.45) is 0.0765. The smallest absolute Gasteiger partial charge is 0.310 e. The van der Waals surface area contributed by atoms with Crippen LogP contribution in [0.25, 0.3) is 0 Å². The monoisotopic (exact) mass is 286 g/mol. The standard InChI is InChI=1S/C16H30O4/c1-11(2)9-19-14(17)8-13(16(5,6)7)15(18)20-10-12(3)4/h11-13H,8-10H2,1-7H3. The number of hydrogen-bond acceptors (Lipinski definition) is 4. The number of rotatable bonds is 7. The van der Waals surface area contributed by atoms with Gasteiger partial charge in [-0.15, -0.1) is 0 Å². The molecule has 0 saturated carbocycles. The molecule has 20 heavy (non-hydrogen) atoms. The van der Waals surface area contributed by atoms with E-state index in [4.69, 9.17) is 9.47 Å². The van der Waals surface area contributed by atoms with Gasteiger partial charge in [-0.2, -0.15) is 0 Å². The van der Waals surface area contributed by atoms with Crippen molar-refractivity contribution >= 4 is 11.9 Å². The normalized spacial score (nSPS) is 13.4. The summed E-state index contributed by atoms with van der Waals surface area (Å²) < 4.78 is 10.4. The number of esters is 2. The van der Waals surface area contributed by atoms with Gasteiger partial charge in [0.05, 0.1) is 25.6 Å². The summed E-state index contributed by atoms with van der Waals surface area (Å²) in [5.74, 6) is -0.541. The highest BCUT2D eigenvalue weighted by Crippen LogP contribution is 2.30. The van der Waals surface area contributed by atoms with Gasteiger partial charge in [0.25, 0.3) is 0 Å². The molecule has 0 saturated heterocycles. The van der Waals surface area contributed by atoms with Gasteiger partial charge in [0.15, 0.2) is 0 Å². The number of carbonyl (C=O) groups excluding carboxylic acids is 2. The third kappa shape index (κ3) is 8.18. The molecule has 0 aromatic rings. The molecule has 4 nitrogen and oxygen atoms in total. The topological polar surface area (TPSA) is 52.6 Å². The van der Waals surface area contributed by atoms with Crippen LogP contribution >= 0.6 is 0 Å². The number of carbonyl (C=O) groups is 2. The zero-order valence-corrected chi connectivity index (χ0v) is 14.0. The Labute approximate surface area is 123 Å². The van der Waals surface area contributed by atoms with Crippen molar-refractivity contribution in [3.63, 3.8) is 0 Å². The van der Waals surface area contributed by atoms with E-state index in [1.807, 2.05) is 48.5 Å². The first kappa shape index (κ1) is 18.9. The van der Waals surface area contributed by atoms with Crippen molar-refractivity contribution in [1.29, 1.82) is 0 Å². The quantitative estimate of drug-likeness (QED) is 0.673. The van der Waals surface area contributed by atoms with Gasteiger partial charge in [-0.3, -0.25) is 9.59 Å². The molecule has 0 aliphatic heterocycles. The highest BCUT2D eigenvalue weighted by molar-refractivity contribution is 5.80. The maximum atomic E-state index is 12.1. The molecule has 118 valence electrons. The molecule has 0 rings (SSSR count). The van der Waals surface area contributed by atoms with Crippen molar-refractivity contribution in [3.8, 4) is 0 Å². The first-order chi connectivity index (χ1) is 9.04. The molecule has 0 aliphatic rings. The lowest BCUT2D eigenvalue weighted by Gasteiger charge is -2.28. The van der Waals surface area contributed by atoms with Crippen molar-refractivity contribution in [2.24, 2.45) is 23.2 Å². The molecule has 0 aromatic heterocycles. The van der Waals surface area contributed by atoms with Gasteiger partial charge in [0, 0.05) is 0 Å². The van der Waals surface area contributed by atoms with E-state index < -0.39 is 5.92 Å². The zero-order chi connectivity index (χ0) is 15.9. The van der Waals surface area contributed by atoms with Gasteiger partial charge in [0.1, 0.15) is 0 Å². The Bertz CT molecular complexity index is 313. The first-order valence-corrected chi connectivity index (χ1v) is 7.36. The van der Waals surface area contributed by atoms with Crippen molar-refractivity contribution in [2.75, 3.05) is 13.2 Å². The third-order valence-electron chi connectivity index (χ3n) is 2.84. The minimum absolute atomic E-state index is 0.0765. The highest BCUT2D eigenvalue weighted by Gasteiger charge is 2.35. The molecule has 0 bridgehead atoms. The fraction of sp³-hybridized carbons (Fsp3) is 0.875. The van der Waals surface area contributed by atoms with Crippen molar-refractivity contribution in [2.45, 2.75) is 54.9 Å². The van der Waals surface area contributed by atoms with E-state index in [-0.39, 0.29) is 29.7 Å². The van der Waals surface area contributed by atoms with E-state index in [0.29, 0.717) is 19.1 Å². The summed E-state index contributed by atoms with van der Waals surface area (Å²) in [5, 5.41) is 0. The predicted molar refractivity (Wildman–Crippen MR) is 79.2 cm³/mol. The van der Waals surface area contributed by atoms with Gasteiger partial charge in [0.2, 0.25) is 0 Å². The highest BCUT2D eigenvalue weighted by atomic mass is 16.5. The SMILES string of the molecule is CC(C)COC(=O)CC(C(=O)OCC(C)C)C(C)(C)C. The molecule has 0 fully saturated rings. The lowest BCUT2D eigenvalue weighted by atomic mass is 9.79. The summed E-state index contributed by atoms with van der Waals surface area (Å²) in [6.45, 7) is 14.5. The van der Waals surface area contributed by atoms with Gasteiger partial charge >= 0.3 is 11.9 Å². The summed E-state index contributed by atoms with van der Waals surface area (Å²) in [5.41, 5.74) is -0.328. The van der Waals surface area contributed by atoms with Gasteiger partial charge < -0.3 is 9.47 Å². The summed E-state index contributed by atoms with van der Waals surface area (Å²) in [4.78, 5) is 24.0. The fourth-order valence-electron chi connectivity index (χ4n) is 1.58. The van der Waals surface area contributed by atoms with Crippen molar-refractivity contribution in [1.82, 2.24) is 0 Å². The minimum atomic E-state index is -0.471. The Balaban J connectivity index is 4.58. The zero-order valence-electron chi connectivity index (χ0n) is 14.0. The molecule has 0 heterocycles. The average Bonchev–Trinajstić information content (AvgIpc) is 2.28. The Morgan fingerprint density at radius 1 is 0.900 bits per heavy atom. The Morgan fingerprint density at radius 2 is 1.35 bits per heavy atom. The van der Waals surface area contributed by atoms with Crippen LogP contribution in [0.3, 0.4) is 0 Å². The van der Waals surface area contributed by atoms with E-state index in [1.165, 1.54) is 0 Å². The summed E-state index contributed by atoms with van der Waals surface area (Å²) >= 11 is 0. The molecular formula is C16H30O4. The second kappa shape index (κ2) is 8.28. The lowest BCUT2D eigenvalue weighted by Crippen LogP contribution is -2.33. The second-order valence-corrected chi connectivity index (χ2v) is 7.22. The molecule has 4 heteroatoms. The van der Waals surface area contributed by atoms with Crippen molar-refractivity contribution in [3.05, 3.63) is 0 Å². The molecule has 1 unspecified atom stereocenters. The van der Waals surface area contributed by atoms with Gasteiger partial charge in [-0.1, -0.05) is 48.5 Å². The van der Waals surface area contributed by atoms with E-state index in [1.54, 1.807) is 0 Å². The molecule has 0 aromatic carbocycles. The number of hydrogen-bond donors (Lipinski definition) is 0. The average molecular weight is 286 g/mol. The Kier molecular flexibility index (Phi) is 7.84. The van der Waals surface area contributed by atoms with Crippen LogP contribution in [0.2, 0.25) is 0 Å². The van der Waals surface area contributed by atoms with Crippen LogP contribution in [0.15, 0.2) is 0 Å². The second-order valence-electron chi connectivity index (χ2n) is 7.22. The largest absolute Gasteiger partial charge is 0.465 e. The number of ether oxygens (including phenoxy) is 2. The van der Waals surface area contributed by atoms with Gasteiger partial charge in [-0.05, 0) is 17.3 Å². The van der Waals surface area contributed by atoms with Crippen LogP contribution in [0.5, 0.6) is 0 Å². The van der Waals surface area contributed by atoms with Crippen LogP contribution in [0.1, 0.15) is 54.9 Å². The Morgan fingerprint density at radius 3 is 1.75 bits per heavy atom. The van der Waals surface area contributed by atoms with E-state index in [2.05, 4.69) is 0 Å². The molecule has 0 amide bonds. The molecule has 0 aliphatic carbocycles. The van der Waals surface area contributed by atoms with E-state index >= 15 is 0 Å². The molecule has 0 spiro atoms. The van der Waals surface area contributed by atoms with Crippen LogP contribution < -0.4 is 0 Å². The van der Waals surface area contributed by atoms with E-state index in [9.17, 15) is 9.59 Å². The molecular weight excluding hydrogens is 256 g/mol. The maximum absolute atomic E-state index is 12.1. The summed E-state index contributed by atoms with van der Waals surface area (Å²) in [7, 11) is 0. The van der Waals surface area contributed by atoms with Crippen LogP contribution in [0.4, 0.5) is 0 Å². The van der Waals surface area contributed by atoms with Crippen molar-refractivity contribution < 1.29 is 19.1 Å². The fourth-order valence-corrected chi connectivity index (χ4v) is 1.58. The van der Waals surface area contributed by atoms with Crippen LogP contribution in [0, 0.1) is 23.2 Å². The molecule has 0 radical (unpaired) electrons. The summed E-state index contributed by atoms with van der Waals surface area (Å²) in [6, 6.07) is 0. The third-order valence-corrected chi connectivity index (χ3v) is 2.84. The van der Waals surface area contributed by atoms with Gasteiger partial charge in [-0.25, -0.2) is 0 Å².